The fourth-order valence-corrected chi connectivity index (χ4v) is 12.8. The molecule has 374 valence electrons. The second-order valence-corrected chi connectivity index (χ2v) is 23.4. The van der Waals surface area contributed by atoms with Crippen LogP contribution in [0.4, 0.5) is 51.2 Å². The van der Waals surface area contributed by atoms with Crippen molar-refractivity contribution in [3.8, 4) is 11.1 Å². The number of fused-ring (bicyclic) bond motifs is 11. The maximum atomic E-state index is 7.10. The van der Waals surface area contributed by atoms with Crippen molar-refractivity contribution >= 4 is 123 Å². The molecule has 2 aromatic heterocycles. The molecule has 0 aliphatic carbocycles. The van der Waals surface area contributed by atoms with Crippen molar-refractivity contribution in [3.05, 3.63) is 248 Å². The summed E-state index contributed by atoms with van der Waals surface area (Å²) in [7, 11) is 0. The predicted octanol–water partition coefficient (Wildman–Crippen LogP) is 18.8. The van der Waals surface area contributed by atoms with Crippen LogP contribution in [0, 0.1) is 0 Å². The highest BCUT2D eigenvalue weighted by Crippen LogP contribution is 2.52. The van der Waals surface area contributed by atoms with Crippen LogP contribution in [0.1, 0.15) is 52.7 Å². The molecule has 2 aliphatic heterocycles. The summed E-state index contributed by atoms with van der Waals surface area (Å²) >= 11 is 0. The van der Waals surface area contributed by atoms with Crippen molar-refractivity contribution in [2.45, 2.75) is 52.4 Å². The van der Waals surface area contributed by atoms with Gasteiger partial charge in [-0.1, -0.05) is 181 Å². The molecule has 0 saturated carbocycles. The van der Waals surface area contributed by atoms with Crippen LogP contribution in [-0.4, -0.2) is 11.3 Å². The molecule has 4 heterocycles. The van der Waals surface area contributed by atoms with Crippen LogP contribution >= 0.6 is 0 Å². The standard InChI is InChI=1S/C72H57BN4O/c1-71(2,3)48-31-35-52(36-32-48)75(53-37-33-49(34-38-53)72(4,5)6)55-43-61-58-27-17-26-57-60-41-46-19-13-14-20-47(46)42-64(60)77(69(57)58)73-62-40-39-54(74(50-21-9-7-10-22-50)51-23-11-8-12-24-51)44-65(62)76(66(45-55)68(61)73)63-29-18-28-59-56-25-15-16-30-67(56)78-70(59)63/h7-45H,1-6H3. The zero-order valence-corrected chi connectivity index (χ0v) is 44.8. The Labute approximate surface area is 455 Å². The second-order valence-electron chi connectivity index (χ2n) is 23.4. The van der Waals surface area contributed by atoms with Crippen molar-refractivity contribution in [3.63, 3.8) is 0 Å². The largest absolute Gasteiger partial charge is 0.454 e. The normalized spacial score (nSPS) is 12.9. The quantitative estimate of drug-likeness (QED) is 0.149. The van der Waals surface area contributed by atoms with E-state index in [1.54, 1.807) is 0 Å². The molecule has 15 rings (SSSR count). The van der Waals surface area contributed by atoms with Gasteiger partial charge in [0.2, 0.25) is 0 Å². The third kappa shape index (κ3) is 7.09. The summed E-state index contributed by atoms with van der Waals surface area (Å²) in [6, 6.07) is 87.9. The number of hydrogen-bond donors (Lipinski definition) is 0. The van der Waals surface area contributed by atoms with E-state index in [0.29, 0.717) is 0 Å². The maximum absolute atomic E-state index is 7.10. The summed E-state index contributed by atoms with van der Waals surface area (Å²) < 4.78 is 9.77. The molecule has 0 unspecified atom stereocenters. The number of hydrogen-bond acceptors (Lipinski definition) is 4. The summed E-state index contributed by atoms with van der Waals surface area (Å²) in [6.07, 6.45) is 0. The number of furan rings is 1. The van der Waals surface area contributed by atoms with Gasteiger partial charge in [-0.05, 0) is 146 Å². The third-order valence-electron chi connectivity index (χ3n) is 16.6. The summed E-state index contributed by atoms with van der Waals surface area (Å²) in [5.74, 6) is 0. The Morgan fingerprint density at radius 1 is 0.385 bits per heavy atom. The van der Waals surface area contributed by atoms with Gasteiger partial charge < -0.3 is 23.6 Å². The monoisotopic (exact) mass is 1000 g/mol. The Balaban J connectivity index is 1.09. The van der Waals surface area contributed by atoms with E-state index < -0.39 is 0 Å². The zero-order chi connectivity index (χ0) is 52.6. The Morgan fingerprint density at radius 2 is 0.923 bits per heavy atom. The highest BCUT2D eigenvalue weighted by Gasteiger charge is 2.44. The fourth-order valence-electron chi connectivity index (χ4n) is 12.8. The highest BCUT2D eigenvalue weighted by molar-refractivity contribution is 6.90. The lowest BCUT2D eigenvalue weighted by Crippen LogP contribution is -2.56. The number of para-hydroxylation sites is 5. The van der Waals surface area contributed by atoms with Gasteiger partial charge in [0.25, 0.3) is 0 Å². The molecule has 13 aromatic rings. The van der Waals surface area contributed by atoms with E-state index in [2.05, 4.69) is 297 Å². The minimum absolute atomic E-state index is 0.00721. The van der Waals surface area contributed by atoms with Crippen molar-refractivity contribution < 1.29 is 4.42 Å². The fraction of sp³-hybridized carbons (Fsp3) is 0.111. The van der Waals surface area contributed by atoms with Crippen LogP contribution in [-0.2, 0) is 10.8 Å². The number of anilines is 9. The summed E-state index contributed by atoms with van der Waals surface area (Å²) in [6.45, 7) is 13.5. The van der Waals surface area contributed by atoms with E-state index in [0.717, 1.165) is 73.1 Å². The van der Waals surface area contributed by atoms with E-state index >= 15 is 0 Å². The van der Waals surface area contributed by atoms with Gasteiger partial charge in [-0.2, -0.15) is 0 Å². The van der Waals surface area contributed by atoms with E-state index in [-0.39, 0.29) is 17.7 Å². The molecule has 0 radical (unpaired) electrons. The molecule has 2 aliphatic rings. The Morgan fingerprint density at radius 3 is 1.59 bits per heavy atom. The molecule has 5 nitrogen and oxygen atoms in total. The van der Waals surface area contributed by atoms with Crippen LogP contribution in [0.15, 0.2) is 241 Å². The first-order valence-electron chi connectivity index (χ1n) is 27.4. The van der Waals surface area contributed by atoms with Crippen molar-refractivity contribution in [2.24, 2.45) is 0 Å². The average Bonchev–Trinajstić information content (AvgIpc) is 2.74. The van der Waals surface area contributed by atoms with Gasteiger partial charge in [0.1, 0.15) is 5.58 Å². The smallest absolute Gasteiger partial charge is 0.333 e. The molecular formula is C72H57BN4O. The minimum atomic E-state index is -0.192. The van der Waals surface area contributed by atoms with Gasteiger partial charge in [-0.15, -0.1) is 0 Å². The van der Waals surface area contributed by atoms with Gasteiger partial charge in [0.15, 0.2) is 5.58 Å². The van der Waals surface area contributed by atoms with E-state index in [9.17, 15) is 0 Å². The summed E-state index contributed by atoms with van der Waals surface area (Å²) in [5, 5.41) is 7.15. The summed E-state index contributed by atoms with van der Waals surface area (Å²) in [5.41, 5.74) is 21.3. The molecule has 11 aromatic carbocycles. The molecule has 0 fully saturated rings. The molecule has 0 spiro atoms. The van der Waals surface area contributed by atoms with Gasteiger partial charge >= 0.3 is 6.85 Å². The Hall–Kier alpha value is -9.26. The second kappa shape index (κ2) is 17.1. The lowest BCUT2D eigenvalue weighted by Gasteiger charge is -2.42. The third-order valence-corrected chi connectivity index (χ3v) is 16.6. The van der Waals surface area contributed by atoms with Gasteiger partial charge in [0, 0.05) is 83.6 Å². The molecule has 0 bridgehead atoms. The molecule has 0 atom stereocenters. The van der Waals surface area contributed by atoms with Crippen LogP contribution in [0.25, 0.3) is 65.6 Å². The lowest BCUT2D eigenvalue weighted by molar-refractivity contribution is 0.590. The zero-order valence-electron chi connectivity index (χ0n) is 44.8. The molecule has 6 heteroatoms. The first-order valence-corrected chi connectivity index (χ1v) is 27.4. The summed E-state index contributed by atoms with van der Waals surface area (Å²) in [4.78, 5) is 7.39. The average molecular weight is 1010 g/mol. The van der Waals surface area contributed by atoms with E-state index in [4.69, 9.17) is 4.42 Å². The molecule has 0 saturated heterocycles. The van der Waals surface area contributed by atoms with Crippen LogP contribution in [0.2, 0.25) is 0 Å². The number of nitrogens with zero attached hydrogens (tertiary/aromatic N) is 4. The molecular weight excluding hydrogens is 948 g/mol. The van der Waals surface area contributed by atoms with E-state index in [1.165, 1.54) is 65.8 Å². The maximum Gasteiger partial charge on any atom is 0.333 e. The van der Waals surface area contributed by atoms with Crippen molar-refractivity contribution in [1.29, 1.82) is 0 Å². The minimum Gasteiger partial charge on any atom is -0.454 e. The SMILES string of the molecule is CC(C)(C)c1ccc(N(c2ccc(C(C)(C)C)cc2)c2cc3c4c(c2)N(c2cccc5c2oc2ccccc25)c2cc(N(c5ccccc5)c5ccccc5)ccc2B4n2c4cc5ccccc5cc4c4cccc-3c42)cc1. The topological polar surface area (TPSA) is 27.8 Å². The highest BCUT2D eigenvalue weighted by atomic mass is 16.3. The van der Waals surface area contributed by atoms with Crippen molar-refractivity contribution in [1.82, 2.24) is 4.48 Å². The number of benzene rings is 11. The lowest BCUT2D eigenvalue weighted by atomic mass is 9.45. The molecule has 0 N–H and O–H groups in total. The number of aromatic nitrogens is 1. The first kappa shape index (κ1) is 46.1. The van der Waals surface area contributed by atoms with Crippen LogP contribution in [0.3, 0.4) is 0 Å². The Bertz CT molecular complexity index is 4430. The van der Waals surface area contributed by atoms with Crippen LogP contribution < -0.4 is 25.6 Å². The van der Waals surface area contributed by atoms with Crippen LogP contribution in [0.5, 0.6) is 0 Å². The molecule has 78 heavy (non-hydrogen) atoms. The van der Waals surface area contributed by atoms with Crippen molar-refractivity contribution in [2.75, 3.05) is 14.7 Å². The first-order chi connectivity index (χ1) is 38.0. The van der Waals surface area contributed by atoms with Gasteiger partial charge in [0.05, 0.1) is 5.69 Å². The van der Waals surface area contributed by atoms with E-state index in [1.807, 2.05) is 0 Å². The van der Waals surface area contributed by atoms with Gasteiger partial charge in [-0.25, -0.2) is 0 Å². The van der Waals surface area contributed by atoms with Gasteiger partial charge in [-0.3, -0.25) is 0 Å². The number of rotatable bonds is 7. The predicted molar refractivity (Wildman–Crippen MR) is 332 cm³/mol. The molecule has 0 amide bonds. The Kier molecular flexibility index (Phi) is 10.1.